The Morgan fingerprint density at radius 2 is 1.18 bits per heavy atom. The van der Waals surface area contributed by atoms with Crippen LogP contribution in [0.5, 0.6) is 0 Å². The van der Waals surface area contributed by atoms with Crippen LogP contribution in [-0.2, 0) is 6.42 Å². The van der Waals surface area contributed by atoms with Crippen LogP contribution in [0.2, 0.25) is 0 Å². The molecule has 5 aromatic carbocycles. The smallest absolute Gasteiger partial charge is 0.0668 e. The van der Waals surface area contributed by atoms with Crippen molar-refractivity contribution in [2.24, 2.45) is 10.9 Å². The highest BCUT2D eigenvalue weighted by Crippen LogP contribution is 2.43. The first-order chi connectivity index (χ1) is 30.1. The van der Waals surface area contributed by atoms with Gasteiger partial charge in [0.05, 0.1) is 5.69 Å². The molecule has 0 amide bonds. The molecule has 0 aromatic heterocycles. The zero-order valence-electron chi connectivity index (χ0n) is 35.9. The minimum Gasteiger partial charge on any atom is -0.253 e. The SMILES string of the molecule is CC(=Nc1ccccc1CC1=CCCC=C1)C1=CCCC(c2c3c(c(C4=CC5=CC=C(c6c7c(c(C)c8ccccc68)=CCCC=7)CC5CC4)c4ccccc24)=CCCC=3)=C1. The quantitative estimate of drug-likeness (QED) is 0.146. The van der Waals surface area contributed by atoms with Crippen molar-refractivity contribution in [3.8, 4) is 0 Å². The molecule has 0 bridgehead atoms. The molecule has 0 saturated heterocycles. The molecule has 1 atom stereocenters. The lowest BCUT2D eigenvalue weighted by Gasteiger charge is -2.31. The molecule has 0 aliphatic heterocycles. The standard InChI is InChI=1S/C60H55N/c1-39-49-22-7-9-24-51(49)59(52-25-10-8-23-50(39)52)47-33-31-44-38-48(34-32-43(44)37-47)60-55-28-13-11-26-53(55)58(54-27-12-14-29-56(54)60)46-21-16-20-42(36-46)40(2)61-57-30-15-6-19-45(57)35-41-17-4-3-5-18-41/h4,6-7,9,11,13,15,17-20,22-31,33,36,38,43H,3,5,8,10,12,14,16,21,32,34-35,37H2,1-2H3. The Morgan fingerprint density at radius 3 is 1.90 bits per heavy atom. The molecule has 6 aliphatic rings. The van der Waals surface area contributed by atoms with Gasteiger partial charge in [-0.1, -0.05) is 134 Å². The summed E-state index contributed by atoms with van der Waals surface area (Å²) in [5.74, 6) is 0.541. The summed E-state index contributed by atoms with van der Waals surface area (Å²) < 4.78 is 0. The molecule has 0 heterocycles. The molecule has 0 saturated carbocycles. The molecule has 1 nitrogen and oxygen atoms in total. The topological polar surface area (TPSA) is 12.4 Å². The van der Waals surface area contributed by atoms with E-state index in [0.29, 0.717) is 5.92 Å². The van der Waals surface area contributed by atoms with E-state index in [1.165, 1.54) is 110 Å². The van der Waals surface area contributed by atoms with E-state index >= 15 is 0 Å². The lowest BCUT2D eigenvalue weighted by molar-refractivity contribution is 0.579. The fourth-order valence-electron chi connectivity index (χ4n) is 11.4. The van der Waals surface area contributed by atoms with Gasteiger partial charge in [-0.25, -0.2) is 0 Å². The van der Waals surface area contributed by atoms with Crippen LogP contribution in [0.15, 0.2) is 143 Å². The predicted molar refractivity (Wildman–Crippen MR) is 264 cm³/mol. The molecule has 1 heteroatoms. The first-order valence-corrected chi connectivity index (χ1v) is 23.1. The second-order valence-electron chi connectivity index (χ2n) is 18.1. The minimum atomic E-state index is 0.541. The molecule has 1 unspecified atom stereocenters. The minimum absolute atomic E-state index is 0.541. The summed E-state index contributed by atoms with van der Waals surface area (Å²) in [5, 5.41) is 11.4. The third-order valence-electron chi connectivity index (χ3n) is 14.3. The van der Waals surface area contributed by atoms with Crippen LogP contribution in [0, 0.1) is 12.8 Å². The van der Waals surface area contributed by atoms with Crippen molar-refractivity contribution in [1.29, 1.82) is 0 Å². The zero-order valence-corrected chi connectivity index (χ0v) is 35.9. The molecular weight excluding hydrogens is 735 g/mol. The van der Waals surface area contributed by atoms with Gasteiger partial charge in [-0.3, -0.25) is 4.99 Å². The average Bonchev–Trinajstić information content (AvgIpc) is 3.31. The van der Waals surface area contributed by atoms with Crippen molar-refractivity contribution < 1.29 is 0 Å². The van der Waals surface area contributed by atoms with Gasteiger partial charge < -0.3 is 0 Å². The number of aryl methyl sites for hydroxylation is 1. The number of nitrogens with zero attached hydrogens (tertiary/aromatic N) is 1. The molecule has 0 spiro atoms. The number of rotatable bonds is 7. The van der Waals surface area contributed by atoms with E-state index in [1.54, 1.807) is 0 Å². The number of allylic oxidation sites excluding steroid dienone is 14. The number of aliphatic imine (C=N–C) groups is 1. The Morgan fingerprint density at radius 1 is 0.574 bits per heavy atom. The van der Waals surface area contributed by atoms with E-state index in [-0.39, 0.29) is 0 Å². The Labute approximate surface area is 361 Å². The Balaban J connectivity index is 0.980. The number of para-hydroxylation sites is 1. The monoisotopic (exact) mass is 789 g/mol. The molecule has 61 heavy (non-hydrogen) atoms. The first kappa shape index (κ1) is 37.9. The Bertz CT molecular complexity index is 3200. The summed E-state index contributed by atoms with van der Waals surface area (Å²) in [6.45, 7) is 4.52. The molecule has 6 aliphatic carbocycles. The van der Waals surface area contributed by atoms with Crippen molar-refractivity contribution >= 4 is 74.0 Å². The molecule has 0 N–H and O–H groups in total. The van der Waals surface area contributed by atoms with E-state index in [2.05, 4.69) is 160 Å². The fourth-order valence-corrected chi connectivity index (χ4v) is 11.4. The van der Waals surface area contributed by atoms with Gasteiger partial charge in [0.2, 0.25) is 0 Å². The maximum absolute atomic E-state index is 5.31. The maximum Gasteiger partial charge on any atom is 0.0668 e. The molecule has 11 rings (SSSR count). The zero-order chi connectivity index (χ0) is 40.9. The average molecular weight is 790 g/mol. The van der Waals surface area contributed by atoms with Crippen LogP contribution in [0.1, 0.15) is 105 Å². The van der Waals surface area contributed by atoms with E-state index in [1.807, 2.05) is 0 Å². The Kier molecular flexibility index (Phi) is 10.0. The van der Waals surface area contributed by atoms with Gasteiger partial charge in [0.25, 0.3) is 0 Å². The van der Waals surface area contributed by atoms with Crippen molar-refractivity contribution in [3.63, 3.8) is 0 Å². The van der Waals surface area contributed by atoms with E-state index < -0.39 is 0 Å². The summed E-state index contributed by atoms with van der Waals surface area (Å²) in [5.41, 5.74) is 17.9. The summed E-state index contributed by atoms with van der Waals surface area (Å²) in [4.78, 5) is 5.31. The van der Waals surface area contributed by atoms with Gasteiger partial charge in [0.15, 0.2) is 0 Å². The summed E-state index contributed by atoms with van der Waals surface area (Å²) in [6, 6.07) is 27.1. The van der Waals surface area contributed by atoms with Crippen molar-refractivity contribution in [2.75, 3.05) is 0 Å². The van der Waals surface area contributed by atoms with Gasteiger partial charge in [0, 0.05) is 5.71 Å². The van der Waals surface area contributed by atoms with Crippen LogP contribution < -0.4 is 20.9 Å². The highest BCUT2D eigenvalue weighted by molar-refractivity contribution is 6.07. The first-order valence-electron chi connectivity index (χ1n) is 23.1. The predicted octanol–water partition coefficient (Wildman–Crippen LogP) is 12.9. The highest BCUT2D eigenvalue weighted by atomic mass is 14.7. The number of hydrogen-bond donors (Lipinski definition) is 0. The summed E-state index contributed by atoms with van der Waals surface area (Å²) in [7, 11) is 0. The third kappa shape index (κ3) is 6.93. The second-order valence-corrected chi connectivity index (χ2v) is 18.1. The van der Waals surface area contributed by atoms with Gasteiger partial charge in [-0.05, 0) is 213 Å². The van der Waals surface area contributed by atoms with Gasteiger partial charge >= 0.3 is 0 Å². The lowest BCUT2D eigenvalue weighted by atomic mass is 9.74. The Hall–Kier alpha value is -6.05. The van der Waals surface area contributed by atoms with Gasteiger partial charge in [0.1, 0.15) is 0 Å². The summed E-state index contributed by atoms with van der Waals surface area (Å²) in [6.07, 6.45) is 42.6. The molecule has 0 fully saturated rings. The molecule has 300 valence electrons. The number of hydrogen-bond acceptors (Lipinski definition) is 1. The van der Waals surface area contributed by atoms with Crippen LogP contribution in [0.3, 0.4) is 0 Å². The fraction of sp³-hybridized carbons (Fsp3) is 0.250. The second kappa shape index (κ2) is 16.1. The number of benzene rings is 5. The van der Waals surface area contributed by atoms with Crippen LogP contribution >= 0.6 is 0 Å². The van der Waals surface area contributed by atoms with E-state index in [0.717, 1.165) is 82.0 Å². The molecular formula is C60H55N. The third-order valence-corrected chi connectivity index (χ3v) is 14.3. The van der Waals surface area contributed by atoms with Crippen molar-refractivity contribution in [2.45, 2.75) is 90.9 Å². The van der Waals surface area contributed by atoms with Gasteiger partial charge in [-0.15, -0.1) is 0 Å². The van der Waals surface area contributed by atoms with Crippen molar-refractivity contribution in [3.05, 3.63) is 187 Å². The van der Waals surface area contributed by atoms with Gasteiger partial charge in [-0.2, -0.15) is 0 Å². The van der Waals surface area contributed by atoms with Crippen molar-refractivity contribution in [1.82, 2.24) is 0 Å². The summed E-state index contributed by atoms with van der Waals surface area (Å²) >= 11 is 0. The van der Waals surface area contributed by atoms with Crippen LogP contribution in [0.25, 0.3) is 62.6 Å². The van der Waals surface area contributed by atoms with E-state index in [9.17, 15) is 0 Å². The van der Waals surface area contributed by atoms with Crippen LogP contribution in [-0.4, -0.2) is 5.71 Å². The normalized spacial score (nSPS) is 19.6. The highest BCUT2D eigenvalue weighted by Gasteiger charge is 2.28. The van der Waals surface area contributed by atoms with E-state index in [4.69, 9.17) is 4.99 Å². The molecule has 0 radical (unpaired) electrons. The largest absolute Gasteiger partial charge is 0.253 e. The molecule has 5 aromatic rings. The maximum atomic E-state index is 5.31. The van der Waals surface area contributed by atoms with Crippen LogP contribution in [0.4, 0.5) is 5.69 Å². The number of fused-ring (bicyclic) bond motifs is 5. The lowest BCUT2D eigenvalue weighted by Crippen LogP contribution is -2.35.